The number of aromatic amines is 1. The molecule has 0 saturated carbocycles. The van der Waals surface area contributed by atoms with Crippen LogP contribution in [0.5, 0.6) is 0 Å². The number of nitrogens with two attached hydrogens (primary N) is 1. The molecule has 3 aromatic carbocycles. The molecule has 4 rings (SSSR count). The van der Waals surface area contributed by atoms with E-state index in [0.717, 1.165) is 39.9 Å². The molecule has 0 spiro atoms. The van der Waals surface area contributed by atoms with Crippen molar-refractivity contribution in [3.05, 3.63) is 72.8 Å². The number of hydrogen-bond acceptors (Lipinski definition) is 3. The van der Waals surface area contributed by atoms with Gasteiger partial charge in [0, 0.05) is 22.3 Å². The van der Waals surface area contributed by atoms with E-state index < -0.39 is 0 Å². The van der Waals surface area contributed by atoms with Crippen LogP contribution in [0.25, 0.3) is 22.2 Å². The lowest BCUT2D eigenvalue weighted by molar-refractivity contribution is -0.106. The average molecular weight is 328 g/mol. The van der Waals surface area contributed by atoms with Crippen LogP contribution in [0.3, 0.4) is 0 Å². The molecule has 5 heteroatoms. The van der Waals surface area contributed by atoms with Gasteiger partial charge in [-0.05, 0) is 36.4 Å². The second-order valence-corrected chi connectivity index (χ2v) is 5.74. The third-order valence-corrected chi connectivity index (χ3v) is 4.13. The minimum Gasteiger partial charge on any atom is -0.399 e. The second kappa shape index (κ2) is 6.13. The van der Waals surface area contributed by atoms with Crippen LogP contribution in [0.15, 0.2) is 72.8 Å². The highest BCUT2D eigenvalue weighted by Gasteiger charge is 2.13. The monoisotopic (exact) mass is 328 g/mol. The first kappa shape index (κ1) is 15.0. The van der Waals surface area contributed by atoms with Gasteiger partial charge in [-0.15, -0.1) is 0 Å². The third kappa shape index (κ3) is 2.72. The van der Waals surface area contributed by atoms with E-state index in [4.69, 9.17) is 5.73 Å². The van der Waals surface area contributed by atoms with Crippen LogP contribution in [-0.4, -0.2) is 16.6 Å². The topological polar surface area (TPSA) is 75.0 Å². The molecule has 0 aliphatic heterocycles. The fourth-order valence-electron chi connectivity index (χ4n) is 2.91. The summed E-state index contributed by atoms with van der Waals surface area (Å²) in [5.41, 5.74) is 10.7. The van der Waals surface area contributed by atoms with Gasteiger partial charge < -0.3 is 5.73 Å². The summed E-state index contributed by atoms with van der Waals surface area (Å²) in [5.74, 6) is 0. The zero-order chi connectivity index (χ0) is 17.2. The van der Waals surface area contributed by atoms with E-state index in [1.165, 1.54) is 0 Å². The smallest absolute Gasteiger partial charge is 0.218 e. The first-order chi connectivity index (χ1) is 12.3. The molecule has 0 atom stereocenters. The SMILES string of the molecule is Nc1cccc(N(C=O)c2ccc3[nH]nc(-c4ccccc4)c3c2)c1. The van der Waals surface area contributed by atoms with Crippen molar-refractivity contribution in [1.82, 2.24) is 10.2 Å². The molecule has 1 heterocycles. The molecule has 0 radical (unpaired) electrons. The summed E-state index contributed by atoms with van der Waals surface area (Å²) >= 11 is 0. The highest BCUT2D eigenvalue weighted by Crippen LogP contribution is 2.32. The van der Waals surface area contributed by atoms with Crippen LogP contribution < -0.4 is 10.6 Å². The Balaban J connectivity index is 1.84. The molecule has 3 N–H and O–H groups in total. The van der Waals surface area contributed by atoms with E-state index >= 15 is 0 Å². The molecule has 0 aliphatic carbocycles. The predicted octanol–water partition coefficient (Wildman–Crippen LogP) is 4.11. The molecule has 122 valence electrons. The molecular weight excluding hydrogens is 312 g/mol. The van der Waals surface area contributed by atoms with Gasteiger partial charge in [0.2, 0.25) is 6.41 Å². The number of carbonyl (C=O) groups excluding carboxylic acids is 1. The van der Waals surface area contributed by atoms with Gasteiger partial charge in [0.15, 0.2) is 0 Å². The van der Waals surface area contributed by atoms with Gasteiger partial charge in [-0.1, -0.05) is 36.4 Å². The maximum atomic E-state index is 11.7. The summed E-state index contributed by atoms with van der Waals surface area (Å²) in [4.78, 5) is 13.3. The van der Waals surface area contributed by atoms with E-state index in [1.807, 2.05) is 60.7 Å². The zero-order valence-electron chi connectivity index (χ0n) is 13.4. The first-order valence-electron chi connectivity index (χ1n) is 7.90. The summed E-state index contributed by atoms with van der Waals surface area (Å²) < 4.78 is 0. The number of aromatic nitrogens is 2. The Labute approximate surface area is 144 Å². The molecule has 25 heavy (non-hydrogen) atoms. The highest BCUT2D eigenvalue weighted by atomic mass is 16.1. The molecule has 5 nitrogen and oxygen atoms in total. The normalized spacial score (nSPS) is 10.7. The van der Waals surface area contributed by atoms with Gasteiger partial charge >= 0.3 is 0 Å². The fraction of sp³-hybridized carbons (Fsp3) is 0. The molecule has 0 fully saturated rings. The predicted molar refractivity (Wildman–Crippen MR) is 101 cm³/mol. The van der Waals surface area contributed by atoms with Crippen molar-refractivity contribution in [2.45, 2.75) is 0 Å². The van der Waals surface area contributed by atoms with Crippen LogP contribution in [0.2, 0.25) is 0 Å². The van der Waals surface area contributed by atoms with E-state index in [0.29, 0.717) is 5.69 Å². The molecule has 1 amide bonds. The number of nitrogens with one attached hydrogen (secondary N) is 1. The average Bonchev–Trinajstić information content (AvgIpc) is 3.06. The Bertz CT molecular complexity index is 1040. The number of carbonyl (C=O) groups is 1. The summed E-state index contributed by atoms with van der Waals surface area (Å²) in [6, 6.07) is 22.9. The molecular formula is C20H16N4O. The third-order valence-electron chi connectivity index (χ3n) is 4.13. The van der Waals surface area contributed by atoms with Crippen molar-refractivity contribution in [3.8, 4) is 11.3 Å². The largest absolute Gasteiger partial charge is 0.399 e. The minimum atomic E-state index is 0.610. The summed E-state index contributed by atoms with van der Waals surface area (Å²) in [7, 11) is 0. The molecule has 4 aromatic rings. The van der Waals surface area contributed by atoms with Crippen molar-refractivity contribution in [1.29, 1.82) is 0 Å². The molecule has 0 bridgehead atoms. The van der Waals surface area contributed by atoms with Crippen LogP contribution in [0, 0.1) is 0 Å². The van der Waals surface area contributed by atoms with Crippen LogP contribution in [0.1, 0.15) is 0 Å². The summed E-state index contributed by atoms with van der Waals surface area (Å²) in [6.45, 7) is 0. The number of anilines is 3. The standard InChI is InChI=1S/C20H16N4O/c21-15-7-4-8-16(11-15)24(13-25)17-9-10-19-18(12-17)20(23-22-19)14-5-2-1-3-6-14/h1-13H,21H2,(H,22,23). The number of nitrogens with zero attached hydrogens (tertiary/aromatic N) is 2. The lowest BCUT2D eigenvalue weighted by Gasteiger charge is -2.18. The summed E-state index contributed by atoms with van der Waals surface area (Å²) in [5, 5.41) is 8.43. The Morgan fingerprint density at radius 2 is 1.72 bits per heavy atom. The number of rotatable bonds is 4. The van der Waals surface area contributed by atoms with Crippen molar-refractivity contribution < 1.29 is 4.79 Å². The van der Waals surface area contributed by atoms with Gasteiger partial charge in [-0.2, -0.15) is 5.10 Å². The quantitative estimate of drug-likeness (QED) is 0.437. The number of benzene rings is 3. The second-order valence-electron chi connectivity index (χ2n) is 5.74. The van der Waals surface area contributed by atoms with Gasteiger partial charge in [-0.25, -0.2) is 0 Å². The van der Waals surface area contributed by atoms with Crippen molar-refractivity contribution >= 4 is 34.4 Å². The van der Waals surface area contributed by atoms with Gasteiger partial charge in [0.25, 0.3) is 0 Å². The first-order valence-corrected chi connectivity index (χ1v) is 7.90. The number of amides is 1. The maximum Gasteiger partial charge on any atom is 0.218 e. The number of hydrogen-bond donors (Lipinski definition) is 2. The summed E-state index contributed by atoms with van der Waals surface area (Å²) in [6.07, 6.45) is 0.790. The Hall–Kier alpha value is -3.60. The van der Waals surface area contributed by atoms with E-state index in [-0.39, 0.29) is 0 Å². The lowest BCUT2D eigenvalue weighted by atomic mass is 10.1. The van der Waals surface area contributed by atoms with Crippen molar-refractivity contribution in [3.63, 3.8) is 0 Å². The van der Waals surface area contributed by atoms with Gasteiger partial charge in [0.05, 0.1) is 16.9 Å². The van der Waals surface area contributed by atoms with Gasteiger partial charge in [-0.3, -0.25) is 14.8 Å². The Kier molecular flexibility index (Phi) is 3.67. The van der Waals surface area contributed by atoms with E-state index in [9.17, 15) is 4.79 Å². The van der Waals surface area contributed by atoms with Crippen LogP contribution >= 0.6 is 0 Å². The van der Waals surface area contributed by atoms with Crippen molar-refractivity contribution in [2.24, 2.45) is 0 Å². The van der Waals surface area contributed by atoms with Crippen LogP contribution in [0.4, 0.5) is 17.1 Å². The maximum absolute atomic E-state index is 11.7. The Morgan fingerprint density at radius 3 is 2.48 bits per heavy atom. The number of fused-ring (bicyclic) bond motifs is 1. The molecule has 0 saturated heterocycles. The molecule has 0 aliphatic rings. The van der Waals surface area contributed by atoms with Crippen molar-refractivity contribution in [2.75, 3.05) is 10.6 Å². The minimum absolute atomic E-state index is 0.610. The van der Waals surface area contributed by atoms with E-state index in [1.54, 1.807) is 17.0 Å². The van der Waals surface area contributed by atoms with Gasteiger partial charge in [0.1, 0.15) is 0 Å². The molecule has 0 unspecified atom stereocenters. The fourth-order valence-corrected chi connectivity index (χ4v) is 2.91. The van der Waals surface area contributed by atoms with E-state index in [2.05, 4.69) is 10.2 Å². The zero-order valence-corrected chi connectivity index (χ0v) is 13.4. The highest BCUT2D eigenvalue weighted by molar-refractivity contribution is 5.98. The number of H-pyrrole nitrogens is 1. The van der Waals surface area contributed by atoms with Crippen LogP contribution in [-0.2, 0) is 4.79 Å². The Morgan fingerprint density at radius 1 is 0.920 bits per heavy atom. The lowest BCUT2D eigenvalue weighted by Crippen LogP contribution is -2.14. The molecule has 1 aromatic heterocycles. The number of nitrogen functional groups attached to an aromatic ring is 1.